The summed E-state index contributed by atoms with van der Waals surface area (Å²) in [5.74, 6) is 0.679. The topological polar surface area (TPSA) is 54.4 Å². The van der Waals surface area contributed by atoms with E-state index in [0.717, 1.165) is 51.9 Å². The van der Waals surface area contributed by atoms with Crippen LogP contribution in [-0.2, 0) is 9.47 Å². The van der Waals surface area contributed by atoms with E-state index in [1.807, 2.05) is 11.8 Å². The minimum Gasteiger partial charge on any atom is -0.450 e. The Morgan fingerprint density at radius 3 is 2.55 bits per heavy atom. The number of unbranched alkanes of at least 4 members (excludes halogenated alkanes) is 1. The second-order valence-electron chi connectivity index (χ2n) is 9.17. The van der Waals surface area contributed by atoms with Gasteiger partial charge in [-0.25, -0.2) is 4.79 Å². The molecule has 0 N–H and O–H groups in total. The highest BCUT2D eigenvalue weighted by molar-refractivity contribution is 5.86. The fourth-order valence-corrected chi connectivity index (χ4v) is 5.55. The maximum absolute atomic E-state index is 12.0. The van der Waals surface area contributed by atoms with Gasteiger partial charge in [-0.3, -0.25) is 4.99 Å². The van der Waals surface area contributed by atoms with Crippen LogP contribution in [0.3, 0.4) is 0 Å². The lowest BCUT2D eigenvalue weighted by Crippen LogP contribution is -2.54. The van der Waals surface area contributed by atoms with Gasteiger partial charge in [0.15, 0.2) is 0 Å². The van der Waals surface area contributed by atoms with Gasteiger partial charge in [0.05, 0.1) is 6.61 Å². The number of ether oxygens (including phenoxy) is 2. The van der Waals surface area contributed by atoms with E-state index in [1.54, 1.807) is 7.11 Å². The van der Waals surface area contributed by atoms with Gasteiger partial charge in [0.1, 0.15) is 0 Å². The van der Waals surface area contributed by atoms with Gasteiger partial charge < -0.3 is 19.3 Å². The Morgan fingerprint density at radius 1 is 1.14 bits per heavy atom. The Bertz CT molecular complexity index is 552. The lowest BCUT2D eigenvalue weighted by molar-refractivity contribution is -0.00548. The van der Waals surface area contributed by atoms with Crippen LogP contribution in [0.25, 0.3) is 0 Å². The number of nitrogens with zero attached hydrogens (tertiary/aromatic N) is 3. The molecule has 1 aliphatic carbocycles. The molecule has 0 bridgehead atoms. The van der Waals surface area contributed by atoms with Crippen LogP contribution < -0.4 is 0 Å². The van der Waals surface area contributed by atoms with Crippen LogP contribution in [0, 0.1) is 11.3 Å². The van der Waals surface area contributed by atoms with E-state index in [-0.39, 0.29) is 6.09 Å². The van der Waals surface area contributed by atoms with Gasteiger partial charge >= 0.3 is 6.09 Å². The normalized spacial score (nSPS) is 28.7. The van der Waals surface area contributed by atoms with Gasteiger partial charge in [0, 0.05) is 45.1 Å². The molecule has 3 aliphatic rings. The van der Waals surface area contributed by atoms with Crippen molar-refractivity contribution >= 4 is 11.8 Å². The molecule has 2 aliphatic heterocycles. The Hall–Kier alpha value is -1.14. The van der Waals surface area contributed by atoms with Crippen LogP contribution in [0.4, 0.5) is 4.79 Å². The Kier molecular flexibility index (Phi) is 8.36. The molecule has 166 valence electrons. The van der Waals surface area contributed by atoms with Crippen LogP contribution in [0.5, 0.6) is 0 Å². The lowest BCUT2D eigenvalue weighted by Gasteiger charge is -2.51. The summed E-state index contributed by atoms with van der Waals surface area (Å²) in [7, 11) is 1.77. The molecule has 0 aromatic rings. The summed E-state index contributed by atoms with van der Waals surface area (Å²) in [6.45, 7) is 10.6. The molecule has 3 fully saturated rings. The molecule has 0 atom stereocenters. The molecule has 2 saturated heterocycles. The van der Waals surface area contributed by atoms with E-state index in [2.05, 4.69) is 11.8 Å². The number of aliphatic imine (C=N–C) groups is 1. The maximum atomic E-state index is 12.0. The van der Waals surface area contributed by atoms with E-state index in [4.69, 9.17) is 14.5 Å². The van der Waals surface area contributed by atoms with Gasteiger partial charge in [-0.15, -0.1) is 0 Å². The number of rotatable bonds is 9. The molecule has 6 heteroatoms. The first-order valence-corrected chi connectivity index (χ1v) is 11.8. The second-order valence-corrected chi connectivity index (χ2v) is 9.17. The van der Waals surface area contributed by atoms with Gasteiger partial charge in [0.2, 0.25) is 0 Å². The third kappa shape index (κ3) is 5.72. The molecule has 1 saturated carbocycles. The smallest absolute Gasteiger partial charge is 0.409 e. The summed E-state index contributed by atoms with van der Waals surface area (Å²) in [6, 6.07) is 0.717. The third-order valence-corrected chi connectivity index (χ3v) is 7.25. The van der Waals surface area contributed by atoms with E-state index >= 15 is 0 Å². The average molecular weight is 408 g/mol. The van der Waals surface area contributed by atoms with E-state index < -0.39 is 0 Å². The molecule has 29 heavy (non-hydrogen) atoms. The van der Waals surface area contributed by atoms with Gasteiger partial charge in [-0.2, -0.15) is 0 Å². The monoisotopic (exact) mass is 407 g/mol. The maximum Gasteiger partial charge on any atom is 0.409 e. The minimum absolute atomic E-state index is 0.123. The van der Waals surface area contributed by atoms with Crippen molar-refractivity contribution in [3.63, 3.8) is 0 Å². The number of piperidine rings is 1. The molecule has 1 spiro atoms. The molecule has 0 aromatic carbocycles. The van der Waals surface area contributed by atoms with Crippen molar-refractivity contribution < 1.29 is 14.3 Å². The zero-order valence-electron chi connectivity index (χ0n) is 18.8. The molecule has 0 radical (unpaired) electrons. The zero-order chi connectivity index (χ0) is 20.7. The summed E-state index contributed by atoms with van der Waals surface area (Å²) in [5.41, 5.74) is 1.81. The van der Waals surface area contributed by atoms with Crippen molar-refractivity contribution in [1.82, 2.24) is 9.80 Å². The van der Waals surface area contributed by atoms with Gasteiger partial charge in [-0.05, 0) is 82.7 Å². The van der Waals surface area contributed by atoms with E-state index in [1.165, 1.54) is 44.5 Å². The zero-order valence-corrected chi connectivity index (χ0v) is 18.8. The molecular formula is C23H41N3O3. The number of hydrogen-bond acceptors (Lipinski definition) is 5. The Morgan fingerprint density at radius 2 is 1.90 bits per heavy atom. The number of carbonyl (C=O) groups is 1. The fraction of sp³-hybridized carbons (Fsp3) is 0.913. The van der Waals surface area contributed by atoms with Crippen LogP contribution in [0.15, 0.2) is 4.99 Å². The summed E-state index contributed by atoms with van der Waals surface area (Å²) in [5, 5.41) is 0. The summed E-state index contributed by atoms with van der Waals surface area (Å²) in [6.07, 6.45) is 9.35. The summed E-state index contributed by atoms with van der Waals surface area (Å²) >= 11 is 0. The Balaban J connectivity index is 1.38. The first-order valence-electron chi connectivity index (χ1n) is 11.8. The molecule has 1 amide bonds. The first kappa shape index (κ1) is 22.5. The van der Waals surface area contributed by atoms with Gasteiger partial charge in [0.25, 0.3) is 0 Å². The largest absolute Gasteiger partial charge is 0.450 e. The predicted octanol–water partition coefficient (Wildman–Crippen LogP) is 3.99. The van der Waals surface area contributed by atoms with Crippen molar-refractivity contribution in [2.24, 2.45) is 16.3 Å². The standard InChI is InChI=1S/C23H41N3O3/c1-4-21(24-11-6-7-15-28-3)19-8-12-25(13-9-19)20-16-23(17-20)10-14-26(18-23)22(27)29-5-2/h19-20H,4-18H2,1-3H3. The predicted molar refractivity (Wildman–Crippen MR) is 117 cm³/mol. The molecule has 6 nitrogen and oxygen atoms in total. The number of carbonyl (C=O) groups excluding carboxylic acids is 1. The van der Waals surface area contributed by atoms with Crippen molar-refractivity contribution in [3.8, 4) is 0 Å². The average Bonchev–Trinajstić information content (AvgIpc) is 3.16. The number of hydrogen-bond donors (Lipinski definition) is 0. The highest BCUT2D eigenvalue weighted by Crippen LogP contribution is 2.50. The minimum atomic E-state index is -0.123. The third-order valence-electron chi connectivity index (χ3n) is 7.25. The summed E-state index contributed by atoms with van der Waals surface area (Å²) < 4.78 is 10.3. The SMILES string of the molecule is CCOC(=O)N1CCC2(CC(N3CCC(C(CC)=NCCCCOC)CC3)C2)C1. The molecular weight excluding hydrogens is 366 g/mol. The summed E-state index contributed by atoms with van der Waals surface area (Å²) in [4.78, 5) is 21.5. The molecule has 3 rings (SSSR count). The molecule has 0 unspecified atom stereocenters. The quantitative estimate of drug-likeness (QED) is 0.428. The number of likely N-dealkylation sites (tertiary alicyclic amines) is 2. The highest BCUT2D eigenvalue weighted by atomic mass is 16.6. The van der Waals surface area contributed by atoms with Crippen LogP contribution in [0.2, 0.25) is 0 Å². The lowest BCUT2D eigenvalue weighted by atomic mass is 9.64. The highest BCUT2D eigenvalue weighted by Gasteiger charge is 2.51. The van der Waals surface area contributed by atoms with E-state index in [9.17, 15) is 4.79 Å². The van der Waals surface area contributed by atoms with Crippen molar-refractivity contribution in [2.45, 2.75) is 71.3 Å². The van der Waals surface area contributed by atoms with Crippen molar-refractivity contribution in [1.29, 1.82) is 0 Å². The van der Waals surface area contributed by atoms with Gasteiger partial charge in [-0.1, -0.05) is 6.92 Å². The van der Waals surface area contributed by atoms with Crippen LogP contribution in [-0.4, -0.2) is 80.7 Å². The van der Waals surface area contributed by atoms with E-state index in [0.29, 0.717) is 24.0 Å². The fourth-order valence-electron chi connectivity index (χ4n) is 5.55. The second kappa shape index (κ2) is 10.8. The van der Waals surface area contributed by atoms with Crippen LogP contribution in [0.1, 0.15) is 65.2 Å². The Labute approximate surface area is 177 Å². The number of methoxy groups -OCH3 is 1. The number of amides is 1. The van der Waals surface area contributed by atoms with Crippen molar-refractivity contribution in [2.75, 3.05) is 53.0 Å². The van der Waals surface area contributed by atoms with Crippen molar-refractivity contribution in [3.05, 3.63) is 0 Å². The van der Waals surface area contributed by atoms with Crippen LogP contribution >= 0.6 is 0 Å². The molecule has 2 heterocycles. The first-order chi connectivity index (χ1) is 14.1. The molecule has 0 aromatic heterocycles.